The highest BCUT2D eigenvalue weighted by Gasteiger charge is 2.50. The average molecular weight is 333 g/mol. The second-order valence-electron chi connectivity index (χ2n) is 5.11. The molecule has 2 atom stereocenters. The summed E-state index contributed by atoms with van der Waals surface area (Å²) >= 11 is 0. The Kier molecular flexibility index (Phi) is 4.47. The number of alkyl halides is 3. The van der Waals surface area contributed by atoms with Crippen LogP contribution in [0.3, 0.4) is 0 Å². The van der Waals surface area contributed by atoms with Gasteiger partial charge < -0.3 is 5.73 Å². The quantitative estimate of drug-likeness (QED) is 0.890. The summed E-state index contributed by atoms with van der Waals surface area (Å²) in [4.78, 5) is -0.283. The number of benzene rings is 1. The minimum absolute atomic E-state index is 0.115. The lowest BCUT2D eigenvalue weighted by Gasteiger charge is -2.38. The number of rotatable bonds is 2. The average Bonchev–Trinajstić information content (AvgIpc) is 2.46. The van der Waals surface area contributed by atoms with Crippen molar-refractivity contribution in [1.82, 2.24) is 4.31 Å². The fraction of sp³-hybridized carbons (Fsp3) is 0.462. The second kappa shape index (κ2) is 5.87. The summed E-state index contributed by atoms with van der Waals surface area (Å²) in [5.41, 5.74) is 5.86. The highest BCUT2D eigenvalue weighted by atomic mass is 32.2. The summed E-state index contributed by atoms with van der Waals surface area (Å²) in [5.74, 6) is 0. The van der Waals surface area contributed by atoms with Crippen molar-refractivity contribution in [2.24, 2.45) is 5.73 Å². The van der Waals surface area contributed by atoms with Gasteiger partial charge in [-0.2, -0.15) is 22.7 Å². The van der Waals surface area contributed by atoms with E-state index in [2.05, 4.69) is 0 Å². The smallest absolute Gasteiger partial charge is 0.327 e. The van der Waals surface area contributed by atoms with E-state index >= 15 is 0 Å². The van der Waals surface area contributed by atoms with Crippen LogP contribution in [0.25, 0.3) is 0 Å². The first-order valence-electron chi connectivity index (χ1n) is 6.50. The first kappa shape index (κ1) is 16.7. The monoisotopic (exact) mass is 333 g/mol. The number of nitriles is 1. The van der Waals surface area contributed by atoms with Crippen LogP contribution in [0.1, 0.15) is 18.4 Å². The maximum atomic E-state index is 13.1. The molecule has 0 saturated carbocycles. The fourth-order valence-corrected chi connectivity index (χ4v) is 4.09. The lowest BCUT2D eigenvalue weighted by molar-refractivity contribution is -0.178. The van der Waals surface area contributed by atoms with Gasteiger partial charge in [-0.15, -0.1) is 0 Å². The molecule has 1 aromatic rings. The predicted octanol–water partition coefficient (Wildman–Crippen LogP) is 1.60. The molecule has 0 aliphatic carbocycles. The van der Waals surface area contributed by atoms with Crippen molar-refractivity contribution in [2.75, 3.05) is 6.54 Å². The maximum Gasteiger partial charge on any atom is 0.405 e. The first-order chi connectivity index (χ1) is 10.2. The van der Waals surface area contributed by atoms with Crippen molar-refractivity contribution in [2.45, 2.75) is 36.0 Å². The van der Waals surface area contributed by atoms with Crippen LogP contribution in [0.5, 0.6) is 0 Å². The SMILES string of the molecule is N#Cc1ccc(S(=O)(=O)N2C[C@H](N)CC[C@H]2C(F)(F)F)cc1. The molecule has 5 nitrogen and oxygen atoms in total. The van der Waals surface area contributed by atoms with Crippen LogP contribution >= 0.6 is 0 Å². The fourth-order valence-electron chi connectivity index (χ4n) is 2.40. The first-order valence-corrected chi connectivity index (χ1v) is 7.94. The number of hydrogen-bond donors (Lipinski definition) is 1. The third kappa shape index (κ3) is 3.24. The van der Waals surface area contributed by atoms with Crippen LogP contribution in [-0.4, -0.2) is 37.5 Å². The molecule has 9 heteroatoms. The Morgan fingerprint density at radius 1 is 1.23 bits per heavy atom. The lowest BCUT2D eigenvalue weighted by Crippen LogP contribution is -2.56. The Hall–Kier alpha value is -1.63. The van der Waals surface area contributed by atoms with Gasteiger partial charge in [-0.3, -0.25) is 0 Å². The molecule has 1 aliphatic rings. The number of piperidine rings is 1. The summed E-state index contributed by atoms with van der Waals surface area (Å²) in [6.45, 7) is -0.382. The molecular formula is C13H14F3N3O2S. The Morgan fingerprint density at radius 2 is 1.82 bits per heavy atom. The summed E-state index contributed by atoms with van der Waals surface area (Å²) in [6, 6.07) is 3.86. The van der Waals surface area contributed by atoms with E-state index in [4.69, 9.17) is 11.0 Å². The zero-order valence-corrected chi connectivity index (χ0v) is 12.2. The highest BCUT2D eigenvalue weighted by molar-refractivity contribution is 7.89. The van der Waals surface area contributed by atoms with Gasteiger partial charge in [0.05, 0.1) is 16.5 Å². The van der Waals surface area contributed by atoms with Crippen molar-refractivity contribution in [1.29, 1.82) is 5.26 Å². The summed E-state index contributed by atoms with van der Waals surface area (Å²) in [7, 11) is -4.33. The van der Waals surface area contributed by atoms with Crippen LogP contribution < -0.4 is 5.73 Å². The topological polar surface area (TPSA) is 87.2 Å². The largest absolute Gasteiger partial charge is 0.405 e. The van der Waals surface area contributed by atoms with Crippen molar-refractivity contribution in [3.63, 3.8) is 0 Å². The van der Waals surface area contributed by atoms with E-state index in [1.165, 1.54) is 12.1 Å². The Balaban J connectivity index is 2.41. The molecule has 0 bridgehead atoms. The Bertz CT molecular complexity index is 680. The van der Waals surface area contributed by atoms with Crippen LogP contribution in [-0.2, 0) is 10.0 Å². The molecule has 1 heterocycles. The second-order valence-corrected chi connectivity index (χ2v) is 7.00. The molecule has 1 fully saturated rings. The molecule has 2 rings (SSSR count). The molecule has 22 heavy (non-hydrogen) atoms. The van der Waals surface area contributed by atoms with E-state index in [0.29, 0.717) is 4.31 Å². The van der Waals surface area contributed by atoms with E-state index in [1.54, 1.807) is 0 Å². The summed E-state index contributed by atoms with van der Waals surface area (Å²) < 4.78 is 64.7. The third-order valence-electron chi connectivity index (χ3n) is 3.54. The Labute approximate surface area is 126 Å². The van der Waals surface area contributed by atoms with Gasteiger partial charge in [0.15, 0.2) is 0 Å². The van der Waals surface area contributed by atoms with E-state index in [1.807, 2.05) is 6.07 Å². The Morgan fingerprint density at radius 3 is 2.32 bits per heavy atom. The van der Waals surface area contributed by atoms with Crippen LogP contribution in [0.15, 0.2) is 29.2 Å². The molecule has 0 amide bonds. The minimum atomic E-state index is -4.65. The third-order valence-corrected chi connectivity index (χ3v) is 5.43. The van der Waals surface area contributed by atoms with Gasteiger partial charge in [-0.1, -0.05) is 0 Å². The maximum absolute atomic E-state index is 13.1. The number of hydrogen-bond acceptors (Lipinski definition) is 4. The van der Waals surface area contributed by atoms with Crippen molar-refractivity contribution >= 4 is 10.0 Å². The summed E-state index contributed by atoms with van der Waals surface area (Å²) in [6.07, 6.45) is -4.90. The lowest BCUT2D eigenvalue weighted by atomic mass is 10.0. The highest BCUT2D eigenvalue weighted by Crippen LogP contribution is 2.35. The van der Waals surface area contributed by atoms with Gasteiger partial charge >= 0.3 is 6.18 Å². The normalized spacial score (nSPS) is 24.0. The van der Waals surface area contributed by atoms with Crippen LogP contribution in [0.2, 0.25) is 0 Å². The van der Waals surface area contributed by atoms with Gasteiger partial charge in [0.25, 0.3) is 0 Å². The van der Waals surface area contributed by atoms with Gasteiger partial charge in [-0.25, -0.2) is 8.42 Å². The molecule has 0 spiro atoms. The van der Waals surface area contributed by atoms with E-state index in [-0.39, 0.29) is 29.8 Å². The van der Waals surface area contributed by atoms with Crippen molar-refractivity contribution < 1.29 is 21.6 Å². The number of nitrogens with zero attached hydrogens (tertiary/aromatic N) is 2. The number of nitrogens with two attached hydrogens (primary N) is 1. The zero-order chi connectivity index (χ0) is 16.5. The molecule has 0 unspecified atom stereocenters. The molecular weight excluding hydrogens is 319 g/mol. The van der Waals surface area contributed by atoms with Gasteiger partial charge in [0.1, 0.15) is 6.04 Å². The van der Waals surface area contributed by atoms with Crippen molar-refractivity contribution in [3.05, 3.63) is 29.8 Å². The molecule has 1 saturated heterocycles. The minimum Gasteiger partial charge on any atom is -0.327 e. The molecule has 120 valence electrons. The zero-order valence-electron chi connectivity index (χ0n) is 11.4. The molecule has 1 aromatic carbocycles. The standard InChI is InChI=1S/C13H14F3N3O2S/c14-13(15,16)12-6-3-10(18)8-19(12)22(20,21)11-4-1-9(7-17)2-5-11/h1-2,4-5,10,12H,3,6,8,18H2/t10-,12+/m1/s1. The predicted molar refractivity (Wildman–Crippen MR) is 72.1 cm³/mol. The van der Waals surface area contributed by atoms with Gasteiger partial charge in [-0.05, 0) is 37.1 Å². The molecule has 0 radical (unpaired) electrons. The van der Waals surface area contributed by atoms with Crippen LogP contribution in [0.4, 0.5) is 13.2 Å². The molecule has 2 N–H and O–H groups in total. The van der Waals surface area contributed by atoms with Crippen LogP contribution in [0, 0.1) is 11.3 Å². The van der Waals surface area contributed by atoms with E-state index in [9.17, 15) is 21.6 Å². The molecule has 1 aliphatic heterocycles. The summed E-state index contributed by atoms with van der Waals surface area (Å²) in [5, 5.41) is 8.69. The van der Waals surface area contributed by atoms with E-state index < -0.39 is 28.3 Å². The van der Waals surface area contributed by atoms with E-state index in [0.717, 1.165) is 12.1 Å². The van der Waals surface area contributed by atoms with Gasteiger partial charge in [0, 0.05) is 12.6 Å². The number of sulfonamides is 1. The van der Waals surface area contributed by atoms with Crippen molar-refractivity contribution in [3.8, 4) is 6.07 Å². The number of halogens is 3. The molecule has 0 aromatic heterocycles. The van der Waals surface area contributed by atoms with Gasteiger partial charge in [0.2, 0.25) is 10.0 Å².